The Bertz CT molecular complexity index is 881. The van der Waals surface area contributed by atoms with E-state index in [1.165, 1.54) is 5.56 Å². The molecule has 4 rings (SSSR count). The summed E-state index contributed by atoms with van der Waals surface area (Å²) in [6.07, 6.45) is 2.56. The fourth-order valence-electron chi connectivity index (χ4n) is 3.80. The summed E-state index contributed by atoms with van der Waals surface area (Å²) in [5, 5.41) is 2.99. The minimum Gasteiger partial charge on any atom is -0.454 e. The molecule has 1 saturated heterocycles. The highest BCUT2D eigenvalue weighted by atomic mass is 16.7. The van der Waals surface area contributed by atoms with Gasteiger partial charge in [0.05, 0.1) is 6.54 Å². The van der Waals surface area contributed by atoms with Crippen molar-refractivity contribution in [1.82, 2.24) is 20.2 Å². The Balaban J connectivity index is 1.25. The monoisotopic (exact) mass is 397 g/mol. The number of carbonyl (C=O) groups is 1. The molecule has 3 heterocycles. The third-order valence-corrected chi connectivity index (χ3v) is 5.46. The van der Waals surface area contributed by atoms with Gasteiger partial charge in [-0.1, -0.05) is 13.0 Å². The van der Waals surface area contributed by atoms with E-state index >= 15 is 0 Å². The average Bonchev–Trinajstić information content (AvgIpc) is 3.20. The van der Waals surface area contributed by atoms with Crippen LogP contribution in [0.5, 0.6) is 11.5 Å². The number of hydrogen-bond donors (Lipinski definition) is 1. The van der Waals surface area contributed by atoms with E-state index in [0.717, 1.165) is 61.2 Å². The molecule has 0 spiro atoms. The minimum atomic E-state index is 0.0308. The van der Waals surface area contributed by atoms with Gasteiger partial charge in [0, 0.05) is 44.0 Å². The molecule has 2 aliphatic heterocycles. The number of carbonyl (C=O) groups excluding carboxylic acids is 1. The fraction of sp³-hybridized carbons (Fsp3) is 0.476. The van der Waals surface area contributed by atoms with Crippen LogP contribution in [-0.4, -0.2) is 60.3 Å². The number of ether oxygens (including phenoxy) is 2. The van der Waals surface area contributed by atoms with E-state index in [4.69, 9.17) is 9.47 Å². The third kappa shape index (κ3) is 4.42. The fourth-order valence-corrected chi connectivity index (χ4v) is 3.80. The van der Waals surface area contributed by atoms with Crippen molar-refractivity contribution >= 4 is 11.7 Å². The predicted molar refractivity (Wildman–Crippen MR) is 109 cm³/mol. The second-order valence-electron chi connectivity index (χ2n) is 7.34. The molecule has 0 aliphatic carbocycles. The highest BCUT2D eigenvalue weighted by Crippen LogP contribution is 2.32. The maximum absolute atomic E-state index is 12.4. The van der Waals surface area contributed by atoms with Crippen molar-refractivity contribution < 1.29 is 14.3 Å². The largest absolute Gasteiger partial charge is 0.454 e. The highest BCUT2D eigenvalue weighted by molar-refractivity contribution is 5.78. The van der Waals surface area contributed by atoms with Gasteiger partial charge in [0.15, 0.2) is 11.5 Å². The van der Waals surface area contributed by atoms with Crippen molar-refractivity contribution in [3.63, 3.8) is 0 Å². The lowest BCUT2D eigenvalue weighted by Crippen LogP contribution is -2.50. The number of rotatable bonds is 6. The van der Waals surface area contributed by atoms with Gasteiger partial charge in [-0.3, -0.25) is 9.69 Å². The molecule has 0 atom stereocenters. The lowest BCUT2D eigenvalue weighted by molar-refractivity contribution is -0.122. The number of hydrogen-bond acceptors (Lipinski definition) is 7. The third-order valence-electron chi connectivity index (χ3n) is 5.46. The molecule has 29 heavy (non-hydrogen) atoms. The normalized spacial score (nSPS) is 16.1. The number of amides is 1. The molecule has 1 aromatic heterocycles. The standard InChI is InChI=1S/C21H27N5O3/c1-3-17-15(2)23-13-24-21(17)26-8-6-25(7-9-26)12-20(27)22-11-16-4-5-18-19(10-16)29-14-28-18/h4-5,10,13H,3,6-9,11-12,14H2,1-2H3,(H,22,27). The Labute approximate surface area is 170 Å². The average molecular weight is 397 g/mol. The quantitative estimate of drug-likeness (QED) is 0.792. The van der Waals surface area contributed by atoms with Crippen LogP contribution < -0.4 is 19.7 Å². The summed E-state index contributed by atoms with van der Waals surface area (Å²) in [4.78, 5) is 25.7. The van der Waals surface area contributed by atoms with E-state index in [2.05, 4.69) is 32.0 Å². The first-order chi connectivity index (χ1) is 14.1. The second kappa shape index (κ2) is 8.65. The topological polar surface area (TPSA) is 79.8 Å². The van der Waals surface area contributed by atoms with Crippen LogP contribution in [-0.2, 0) is 17.8 Å². The van der Waals surface area contributed by atoms with Gasteiger partial charge in [0.2, 0.25) is 12.7 Å². The van der Waals surface area contributed by atoms with E-state index in [9.17, 15) is 4.79 Å². The molecule has 8 nitrogen and oxygen atoms in total. The molecular weight excluding hydrogens is 370 g/mol. The second-order valence-corrected chi connectivity index (χ2v) is 7.34. The maximum atomic E-state index is 12.4. The summed E-state index contributed by atoms with van der Waals surface area (Å²) in [6.45, 7) is 8.70. The summed E-state index contributed by atoms with van der Waals surface area (Å²) >= 11 is 0. The van der Waals surface area contributed by atoms with Gasteiger partial charge < -0.3 is 19.7 Å². The van der Waals surface area contributed by atoms with E-state index in [1.807, 2.05) is 25.1 Å². The van der Waals surface area contributed by atoms with E-state index in [0.29, 0.717) is 13.1 Å². The lowest BCUT2D eigenvalue weighted by Gasteiger charge is -2.35. The van der Waals surface area contributed by atoms with E-state index < -0.39 is 0 Å². The van der Waals surface area contributed by atoms with Gasteiger partial charge in [0.1, 0.15) is 12.1 Å². The maximum Gasteiger partial charge on any atom is 0.234 e. The molecule has 1 N–H and O–H groups in total. The lowest BCUT2D eigenvalue weighted by atomic mass is 10.1. The number of anilines is 1. The molecule has 1 fully saturated rings. The minimum absolute atomic E-state index is 0.0308. The first-order valence-electron chi connectivity index (χ1n) is 10.1. The number of fused-ring (bicyclic) bond motifs is 1. The van der Waals surface area contributed by atoms with Crippen molar-refractivity contribution in [1.29, 1.82) is 0 Å². The van der Waals surface area contributed by atoms with Gasteiger partial charge in [-0.25, -0.2) is 9.97 Å². The van der Waals surface area contributed by atoms with Crippen molar-refractivity contribution in [3.8, 4) is 11.5 Å². The van der Waals surface area contributed by atoms with Gasteiger partial charge in [-0.05, 0) is 31.0 Å². The van der Waals surface area contributed by atoms with Crippen LogP contribution in [0.4, 0.5) is 5.82 Å². The summed E-state index contributed by atoms with van der Waals surface area (Å²) in [7, 11) is 0. The SMILES string of the molecule is CCc1c(C)ncnc1N1CCN(CC(=O)NCc2ccc3c(c2)OCO3)CC1. The zero-order chi connectivity index (χ0) is 20.2. The predicted octanol–water partition coefficient (Wildman–Crippen LogP) is 1.51. The molecule has 154 valence electrons. The van der Waals surface area contributed by atoms with Gasteiger partial charge >= 0.3 is 0 Å². The van der Waals surface area contributed by atoms with Crippen molar-refractivity contribution in [2.75, 3.05) is 44.4 Å². The van der Waals surface area contributed by atoms with Crippen LogP contribution in [0.15, 0.2) is 24.5 Å². The van der Waals surface area contributed by atoms with Crippen LogP contribution in [0.3, 0.4) is 0 Å². The molecular formula is C21H27N5O3. The van der Waals surface area contributed by atoms with E-state index in [-0.39, 0.29) is 12.7 Å². The number of aromatic nitrogens is 2. The molecule has 2 aliphatic rings. The van der Waals surface area contributed by atoms with Gasteiger partial charge in [-0.2, -0.15) is 0 Å². The van der Waals surface area contributed by atoms with Crippen molar-refractivity contribution in [2.24, 2.45) is 0 Å². The van der Waals surface area contributed by atoms with Crippen molar-refractivity contribution in [3.05, 3.63) is 41.3 Å². The molecule has 0 unspecified atom stereocenters. The number of nitrogens with zero attached hydrogens (tertiary/aromatic N) is 4. The number of benzene rings is 1. The Morgan fingerprint density at radius 3 is 2.72 bits per heavy atom. The van der Waals surface area contributed by atoms with Crippen molar-refractivity contribution in [2.45, 2.75) is 26.8 Å². The molecule has 0 radical (unpaired) electrons. The Kier molecular flexibility index (Phi) is 5.80. The zero-order valence-corrected chi connectivity index (χ0v) is 17.0. The summed E-state index contributed by atoms with van der Waals surface area (Å²) in [5.41, 5.74) is 3.25. The van der Waals surface area contributed by atoms with Gasteiger partial charge in [0.25, 0.3) is 0 Å². The van der Waals surface area contributed by atoms with Crippen LogP contribution in [0, 0.1) is 6.92 Å². The molecule has 2 aromatic rings. The summed E-state index contributed by atoms with van der Waals surface area (Å²) in [5.74, 6) is 2.55. The van der Waals surface area contributed by atoms with Crippen LogP contribution in [0.2, 0.25) is 0 Å². The summed E-state index contributed by atoms with van der Waals surface area (Å²) < 4.78 is 10.7. The van der Waals surface area contributed by atoms with Crippen LogP contribution in [0.1, 0.15) is 23.7 Å². The van der Waals surface area contributed by atoms with Crippen LogP contribution >= 0.6 is 0 Å². The smallest absolute Gasteiger partial charge is 0.234 e. The van der Waals surface area contributed by atoms with Crippen LogP contribution in [0.25, 0.3) is 0 Å². The molecule has 1 amide bonds. The molecule has 0 bridgehead atoms. The summed E-state index contributed by atoms with van der Waals surface area (Å²) in [6, 6.07) is 5.74. The Hall–Kier alpha value is -2.87. The Morgan fingerprint density at radius 2 is 1.93 bits per heavy atom. The number of aryl methyl sites for hydroxylation is 1. The first-order valence-corrected chi connectivity index (χ1v) is 10.1. The molecule has 1 aromatic carbocycles. The number of piperazine rings is 1. The number of nitrogens with one attached hydrogen (secondary N) is 1. The Morgan fingerprint density at radius 1 is 1.14 bits per heavy atom. The zero-order valence-electron chi connectivity index (χ0n) is 17.0. The first kappa shape index (κ1) is 19.4. The van der Waals surface area contributed by atoms with Gasteiger partial charge in [-0.15, -0.1) is 0 Å². The molecule has 8 heteroatoms. The highest BCUT2D eigenvalue weighted by Gasteiger charge is 2.22. The van der Waals surface area contributed by atoms with E-state index in [1.54, 1.807) is 6.33 Å². The molecule has 0 saturated carbocycles.